The monoisotopic (exact) mass is 422 g/mol. The second kappa shape index (κ2) is 9.86. The highest BCUT2D eigenvalue weighted by Crippen LogP contribution is 2.35. The molecule has 0 aromatic heterocycles. The molecule has 0 aliphatic heterocycles. The molecule has 0 aliphatic rings. The predicted octanol–water partition coefficient (Wildman–Crippen LogP) is 6.67. The number of benzene rings is 2. The van der Waals surface area contributed by atoms with Gasteiger partial charge >= 0.3 is 0 Å². The zero-order chi connectivity index (χ0) is 23.2. The van der Waals surface area contributed by atoms with E-state index in [0.717, 1.165) is 16.9 Å². The highest BCUT2D eigenvalue weighted by atomic mass is 16.5. The second-order valence-corrected chi connectivity index (χ2v) is 9.35. The maximum Gasteiger partial charge on any atom is 0.185 e. The topological polar surface area (TPSA) is 44.8 Å². The lowest BCUT2D eigenvalue weighted by molar-refractivity contribution is 0.104. The highest BCUT2D eigenvalue weighted by Gasteiger charge is 2.20. The first-order valence-electron chi connectivity index (χ1n) is 10.4. The minimum absolute atomic E-state index is 0.0929. The van der Waals surface area contributed by atoms with Crippen LogP contribution < -0.4 is 14.2 Å². The summed E-state index contributed by atoms with van der Waals surface area (Å²) in [7, 11) is 1.60. The SMILES string of the molecule is C=CCc1cc(C=CC(=O)c2ccc(OC)cc2)c(OC(C)(C)C)cc1OC(C)(C)C. The van der Waals surface area contributed by atoms with Crippen LogP contribution in [0.4, 0.5) is 0 Å². The van der Waals surface area contributed by atoms with Crippen LogP contribution in [0.25, 0.3) is 6.08 Å². The molecule has 0 amide bonds. The lowest BCUT2D eigenvalue weighted by Gasteiger charge is -2.27. The van der Waals surface area contributed by atoms with Gasteiger partial charge in [0.15, 0.2) is 5.78 Å². The number of hydrogen-bond acceptors (Lipinski definition) is 4. The maximum atomic E-state index is 12.7. The van der Waals surface area contributed by atoms with E-state index in [1.54, 1.807) is 43.5 Å². The molecule has 2 aromatic rings. The average molecular weight is 423 g/mol. The number of methoxy groups -OCH3 is 1. The van der Waals surface area contributed by atoms with Crippen molar-refractivity contribution in [1.29, 1.82) is 0 Å². The number of hydrogen-bond donors (Lipinski definition) is 0. The first-order valence-corrected chi connectivity index (χ1v) is 10.4. The van der Waals surface area contributed by atoms with Crippen molar-refractivity contribution in [3.05, 3.63) is 71.8 Å². The van der Waals surface area contributed by atoms with Crippen LogP contribution in [0.15, 0.2) is 55.1 Å². The Morgan fingerprint density at radius 1 is 0.935 bits per heavy atom. The van der Waals surface area contributed by atoms with Crippen LogP contribution in [0, 0.1) is 0 Å². The van der Waals surface area contributed by atoms with Crippen molar-refractivity contribution in [2.45, 2.75) is 59.2 Å². The Kier molecular flexibility index (Phi) is 7.72. The summed E-state index contributed by atoms with van der Waals surface area (Å²) in [6.45, 7) is 15.9. The Morgan fingerprint density at radius 2 is 1.52 bits per heavy atom. The third kappa shape index (κ3) is 7.63. The van der Waals surface area contributed by atoms with Gasteiger partial charge in [-0.25, -0.2) is 0 Å². The molecule has 31 heavy (non-hydrogen) atoms. The fourth-order valence-electron chi connectivity index (χ4n) is 2.93. The molecule has 0 bridgehead atoms. The highest BCUT2D eigenvalue weighted by molar-refractivity contribution is 6.07. The van der Waals surface area contributed by atoms with Gasteiger partial charge in [0.25, 0.3) is 0 Å². The minimum Gasteiger partial charge on any atom is -0.497 e. The van der Waals surface area contributed by atoms with Crippen LogP contribution >= 0.6 is 0 Å². The van der Waals surface area contributed by atoms with Crippen molar-refractivity contribution in [1.82, 2.24) is 0 Å². The van der Waals surface area contributed by atoms with Gasteiger partial charge in [0, 0.05) is 17.2 Å². The van der Waals surface area contributed by atoms with Gasteiger partial charge in [0.1, 0.15) is 28.5 Å². The maximum absolute atomic E-state index is 12.7. The van der Waals surface area contributed by atoms with Gasteiger partial charge in [-0.2, -0.15) is 0 Å². The van der Waals surface area contributed by atoms with Gasteiger partial charge in [0.2, 0.25) is 0 Å². The van der Waals surface area contributed by atoms with Gasteiger partial charge in [-0.1, -0.05) is 6.08 Å². The summed E-state index contributed by atoms with van der Waals surface area (Å²) in [5, 5.41) is 0. The first-order chi connectivity index (χ1) is 14.4. The number of rotatable bonds is 8. The van der Waals surface area contributed by atoms with E-state index in [4.69, 9.17) is 14.2 Å². The summed E-state index contributed by atoms with van der Waals surface area (Å²) in [6.07, 6.45) is 5.84. The van der Waals surface area contributed by atoms with Crippen molar-refractivity contribution in [3.63, 3.8) is 0 Å². The molecule has 4 heteroatoms. The quantitative estimate of drug-likeness (QED) is 0.271. The van der Waals surface area contributed by atoms with E-state index in [-0.39, 0.29) is 11.4 Å². The van der Waals surface area contributed by atoms with Crippen LogP contribution in [-0.4, -0.2) is 24.1 Å². The Morgan fingerprint density at radius 3 is 2.03 bits per heavy atom. The molecule has 0 aliphatic carbocycles. The molecule has 0 spiro atoms. The van der Waals surface area contributed by atoms with Gasteiger partial charge in [-0.05, 0) is 96.0 Å². The molecule has 2 rings (SSSR count). The van der Waals surface area contributed by atoms with E-state index < -0.39 is 5.60 Å². The molecular weight excluding hydrogens is 388 g/mol. The molecule has 0 unspecified atom stereocenters. The van der Waals surface area contributed by atoms with Gasteiger partial charge < -0.3 is 14.2 Å². The molecule has 0 saturated carbocycles. The van der Waals surface area contributed by atoms with Crippen molar-refractivity contribution in [3.8, 4) is 17.2 Å². The van der Waals surface area contributed by atoms with Crippen molar-refractivity contribution < 1.29 is 19.0 Å². The zero-order valence-electron chi connectivity index (χ0n) is 19.7. The van der Waals surface area contributed by atoms with Crippen LogP contribution in [0.1, 0.15) is 63.0 Å². The Balaban J connectivity index is 2.46. The summed E-state index contributed by atoms with van der Waals surface area (Å²) < 4.78 is 17.5. The molecule has 0 saturated heterocycles. The normalized spacial score (nSPS) is 12.0. The molecule has 0 N–H and O–H groups in total. The van der Waals surface area contributed by atoms with E-state index in [2.05, 4.69) is 6.58 Å². The standard InChI is InChI=1S/C27H34O4/c1-9-10-20-17-21(13-16-23(28)19-11-14-22(29-8)15-12-19)25(31-27(5,6)7)18-24(20)30-26(2,3)4/h9,11-18H,1,10H2,2-8H3. The second-order valence-electron chi connectivity index (χ2n) is 9.35. The molecular formula is C27H34O4. The smallest absolute Gasteiger partial charge is 0.185 e. The van der Waals surface area contributed by atoms with Gasteiger partial charge in [-0.3, -0.25) is 4.79 Å². The summed E-state index contributed by atoms with van der Waals surface area (Å²) >= 11 is 0. The third-order valence-corrected chi connectivity index (χ3v) is 4.18. The lowest BCUT2D eigenvalue weighted by atomic mass is 10.0. The van der Waals surface area contributed by atoms with Crippen molar-refractivity contribution in [2.24, 2.45) is 0 Å². The van der Waals surface area contributed by atoms with E-state index in [9.17, 15) is 4.79 Å². The molecule has 2 aromatic carbocycles. The number of ether oxygens (including phenoxy) is 3. The van der Waals surface area contributed by atoms with Crippen LogP contribution in [0.3, 0.4) is 0 Å². The minimum atomic E-state index is -0.401. The fourth-order valence-corrected chi connectivity index (χ4v) is 2.93. The molecule has 0 heterocycles. The lowest BCUT2D eigenvalue weighted by Crippen LogP contribution is -2.25. The molecule has 4 nitrogen and oxygen atoms in total. The van der Waals surface area contributed by atoms with Crippen LogP contribution in [0.2, 0.25) is 0 Å². The Labute approximate surface area is 186 Å². The summed E-state index contributed by atoms with van der Waals surface area (Å²) in [6, 6.07) is 11.0. The number of ketones is 1. The summed E-state index contributed by atoms with van der Waals surface area (Å²) in [5.41, 5.74) is 1.64. The van der Waals surface area contributed by atoms with Gasteiger partial charge in [0.05, 0.1) is 7.11 Å². The molecule has 166 valence electrons. The van der Waals surface area contributed by atoms with E-state index in [1.165, 1.54) is 0 Å². The van der Waals surface area contributed by atoms with Crippen LogP contribution in [-0.2, 0) is 6.42 Å². The Hall–Kier alpha value is -3.01. The van der Waals surface area contributed by atoms with Crippen LogP contribution in [0.5, 0.6) is 17.2 Å². The van der Waals surface area contributed by atoms with E-state index >= 15 is 0 Å². The Bertz CT molecular complexity index is 939. The van der Waals surface area contributed by atoms with E-state index in [1.807, 2.05) is 59.8 Å². The summed E-state index contributed by atoms with van der Waals surface area (Å²) in [4.78, 5) is 12.7. The number of allylic oxidation sites excluding steroid dienone is 2. The van der Waals surface area contributed by atoms with Gasteiger partial charge in [-0.15, -0.1) is 6.58 Å². The fraction of sp³-hybridized carbons (Fsp3) is 0.370. The van der Waals surface area contributed by atoms with Crippen molar-refractivity contribution in [2.75, 3.05) is 7.11 Å². The number of carbonyl (C=O) groups is 1. The largest absolute Gasteiger partial charge is 0.497 e. The molecule has 0 fully saturated rings. The zero-order valence-corrected chi connectivity index (χ0v) is 19.7. The average Bonchev–Trinajstić information content (AvgIpc) is 2.66. The molecule has 0 radical (unpaired) electrons. The molecule has 0 atom stereocenters. The van der Waals surface area contributed by atoms with E-state index in [0.29, 0.717) is 23.5 Å². The van der Waals surface area contributed by atoms with Crippen molar-refractivity contribution >= 4 is 11.9 Å². The third-order valence-electron chi connectivity index (χ3n) is 4.18. The predicted molar refractivity (Wildman–Crippen MR) is 127 cm³/mol. The number of carbonyl (C=O) groups excluding carboxylic acids is 1. The first kappa shape index (κ1) is 24.3. The summed E-state index contributed by atoms with van der Waals surface area (Å²) in [5.74, 6) is 2.04.